The molecule has 0 fully saturated rings. The Labute approximate surface area is 111 Å². The van der Waals surface area contributed by atoms with Crippen molar-refractivity contribution in [1.29, 1.82) is 0 Å². The van der Waals surface area contributed by atoms with Crippen molar-refractivity contribution in [1.82, 2.24) is 19.5 Å². The number of hydrogen-bond donors (Lipinski definition) is 0. The van der Waals surface area contributed by atoms with E-state index in [2.05, 4.69) is 15.0 Å². The van der Waals surface area contributed by atoms with Gasteiger partial charge in [-0.2, -0.15) is 18.2 Å². The second-order valence-corrected chi connectivity index (χ2v) is 4.10. The van der Waals surface area contributed by atoms with E-state index in [9.17, 15) is 13.2 Å². The number of aromatic nitrogens is 4. The van der Waals surface area contributed by atoms with Crippen molar-refractivity contribution in [2.75, 3.05) is 13.0 Å². The third-order valence-corrected chi connectivity index (χ3v) is 2.62. The van der Waals surface area contributed by atoms with Gasteiger partial charge in [-0.3, -0.25) is 0 Å². The molecule has 0 atom stereocenters. The summed E-state index contributed by atoms with van der Waals surface area (Å²) in [5.41, 5.74) is 0.290. The van der Waals surface area contributed by atoms with Crippen LogP contribution in [0, 0.1) is 0 Å². The number of fused-ring (bicyclic) bond motifs is 1. The van der Waals surface area contributed by atoms with E-state index >= 15 is 0 Å². The van der Waals surface area contributed by atoms with Crippen LogP contribution < -0.4 is 4.74 Å². The van der Waals surface area contributed by atoms with E-state index in [-0.39, 0.29) is 35.2 Å². The Hall–Kier alpha value is -1.57. The molecular weight excluding hydrogens is 285 g/mol. The molecule has 19 heavy (non-hydrogen) atoms. The molecule has 2 aromatic rings. The number of rotatable bonds is 4. The molecule has 0 spiro atoms. The van der Waals surface area contributed by atoms with Crippen LogP contribution in [-0.2, 0) is 13.0 Å². The summed E-state index contributed by atoms with van der Waals surface area (Å²) in [5, 5.41) is 0. The average molecular weight is 295 g/mol. The fraction of sp³-hybridized carbons (Fsp3) is 0.500. The van der Waals surface area contributed by atoms with Crippen molar-refractivity contribution in [3.05, 3.63) is 12.2 Å². The summed E-state index contributed by atoms with van der Waals surface area (Å²) in [5.74, 6) is 0.513. The van der Waals surface area contributed by atoms with Gasteiger partial charge in [0, 0.05) is 12.3 Å². The molecule has 0 amide bonds. The van der Waals surface area contributed by atoms with E-state index in [1.54, 1.807) is 0 Å². The van der Waals surface area contributed by atoms with Crippen LogP contribution in [0.15, 0.2) is 6.33 Å². The highest BCUT2D eigenvalue weighted by Crippen LogP contribution is 2.26. The van der Waals surface area contributed by atoms with E-state index < -0.39 is 12.7 Å². The molecule has 0 saturated heterocycles. The first-order valence-electron chi connectivity index (χ1n) is 5.33. The second-order valence-electron chi connectivity index (χ2n) is 3.72. The molecule has 104 valence electrons. The molecule has 0 aliphatic carbocycles. The lowest BCUT2D eigenvalue weighted by Gasteiger charge is -2.10. The number of alkyl halides is 4. The van der Waals surface area contributed by atoms with Crippen molar-refractivity contribution in [2.24, 2.45) is 0 Å². The van der Waals surface area contributed by atoms with Gasteiger partial charge in [0.2, 0.25) is 5.88 Å². The fourth-order valence-corrected chi connectivity index (χ4v) is 1.90. The Morgan fingerprint density at radius 3 is 2.68 bits per heavy atom. The van der Waals surface area contributed by atoms with Gasteiger partial charge in [-0.1, -0.05) is 0 Å². The van der Waals surface area contributed by atoms with Crippen molar-refractivity contribution in [3.63, 3.8) is 0 Å². The smallest absolute Gasteiger partial charge is 0.406 e. The molecule has 0 N–H and O–H groups in total. The summed E-state index contributed by atoms with van der Waals surface area (Å²) >= 11 is 5.58. The van der Waals surface area contributed by atoms with Crippen LogP contribution in [0.1, 0.15) is 5.82 Å². The Balaban J connectivity index is 2.60. The van der Waals surface area contributed by atoms with Gasteiger partial charge < -0.3 is 9.30 Å². The zero-order chi connectivity index (χ0) is 14.0. The number of halogens is 4. The molecule has 0 saturated carbocycles. The molecule has 9 heteroatoms. The molecule has 0 unspecified atom stereocenters. The second kappa shape index (κ2) is 5.20. The number of nitrogens with zero attached hydrogens (tertiary/aromatic N) is 4. The molecule has 0 bridgehead atoms. The highest BCUT2D eigenvalue weighted by atomic mass is 35.5. The summed E-state index contributed by atoms with van der Waals surface area (Å²) < 4.78 is 43.7. The molecule has 0 aliphatic heterocycles. The van der Waals surface area contributed by atoms with Crippen LogP contribution in [-0.4, -0.2) is 38.7 Å². The van der Waals surface area contributed by atoms with Crippen LogP contribution in [0.4, 0.5) is 13.2 Å². The van der Waals surface area contributed by atoms with Crippen LogP contribution in [0.2, 0.25) is 0 Å². The van der Waals surface area contributed by atoms with Crippen molar-refractivity contribution < 1.29 is 17.9 Å². The highest BCUT2D eigenvalue weighted by Gasteiger charge is 2.31. The summed E-state index contributed by atoms with van der Waals surface area (Å²) in [6.07, 6.45) is -3.02. The van der Waals surface area contributed by atoms with Crippen LogP contribution in [0.5, 0.6) is 5.88 Å². The first kappa shape index (κ1) is 13.9. The molecule has 2 aromatic heterocycles. The maximum Gasteiger partial charge on any atom is 0.406 e. The molecule has 5 nitrogen and oxygen atoms in total. The Morgan fingerprint density at radius 2 is 2.11 bits per heavy atom. The van der Waals surface area contributed by atoms with Crippen LogP contribution in [0.3, 0.4) is 0 Å². The number of imidazole rings is 1. The topological polar surface area (TPSA) is 52.8 Å². The van der Waals surface area contributed by atoms with Gasteiger partial charge in [0.1, 0.15) is 18.7 Å². The lowest BCUT2D eigenvalue weighted by molar-refractivity contribution is -0.140. The Morgan fingerprint density at radius 1 is 1.37 bits per heavy atom. The Bertz CT molecular complexity index is 584. The highest BCUT2D eigenvalue weighted by molar-refractivity contribution is 6.17. The molecule has 0 radical (unpaired) electrons. The van der Waals surface area contributed by atoms with Crippen molar-refractivity contribution >= 4 is 22.8 Å². The predicted molar refractivity (Wildman–Crippen MR) is 62.4 cm³/mol. The van der Waals surface area contributed by atoms with Gasteiger partial charge in [0.05, 0.1) is 7.11 Å². The SMILES string of the molecule is COc1ncnc2c1nc(CCCl)n2CC(F)(F)F. The standard InChI is InChI=1S/C10H10ClF3N4O/c1-19-9-7-8(15-5-16-9)18(4-10(12,13)14)6(17-7)2-3-11/h5H,2-4H2,1H3. The van der Waals surface area contributed by atoms with Gasteiger partial charge >= 0.3 is 6.18 Å². The van der Waals surface area contributed by atoms with Crippen LogP contribution in [0.25, 0.3) is 11.2 Å². The number of aryl methyl sites for hydroxylation is 1. The zero-order valence-electron chi connectivity index (χ0n) is 9.91. The van der Waals surface area contributed by atoms with Gasteiger partial charge in [-0.25, -0.2) is 9.97 Å². The number of methoxy groups -OCH3 is 1. The summed E-state index contributed by atoms with van der Waals surface area (Å²) in [6, 6.07) is 0. The normalized spacial score (nSPS) is 12.1. The molecule has 0 aromatic carbocycles. The maximum absolute atomic E-state index is 12.6. The van der Waals surface area contributed by atoms with E-state index in [4.69, 9.17) is 16.3 Å². The predicted octanol–water partition coefficient (Wildman–Crippen LogP) is 2.18. The zero-order valence-corrected chi connectivity index (χ0v) is 10.7. The molecule has 0 aliphatic rings. The van der Waals surface area contributed by atoms with E-state index in [1.165, 1.54) is 7.11 Å². The van der Waals surface area contributed by atoms with Crippen LogP contribution >= 0.6 is 11.6 Å². The van der Waals surface area contributed by atoms with Gasteiger partial charge in [0.15, 0.2) is 11.2 Å². The molecule has 2 rings (SSSR count). The minimum atomic E-state index is -4.37. The lowest BCUT2D eigenvalue weighted by atomic mass is 10.4. The molecule has 2 heterocycles. The number of ether oxygens (including phenoxy) is 1. The van der Waals surface area contributed by atoms with Gasteiger partial charge in [-0.05, 0) is 0 Å². The maximum atomic E-state index is 12.6. The first-order chi connectivity index (χ1) is 8.96. The first-order valence-corrected chi connectivity index (χ1v) is 5.86. The Kier molecular flexibility index (Phi) is 3.79. The fourth-order valence-electron chi connectivity index (χ4n) is 1.73. The van der Waals surface area contributed by atoms with E-state index in [1.807, 2.05) is 0 Å². The monoisotopic (exact) mass is 294 g/mol. The quantitative estimate of drug-likeness (QED) is 0.811. The van der Waals surface area contributed by atoms with Crippen molar-refractivity contribution in [3.8, 4) is 5.88 Å². The minimum absolute atomic E-state index is 0.0873. The summed E-state index contributed by atoms with van der Waals surface area (Å²) in [6.45, 7) is -1.17. The summed E-state index contributed by atoms with van der Waals surface area (Å²) in [4.78, 5) is 11.7. The minimum Gasteiger partial charge on any atom is -0.479 e. The largest absolute Gasteiger partial charge is 0.479 e. The average Bonchev–Trinajstić information content (AvgIpc) is 2.66. The van der Waals surface area contributed by atoms with E-state index in [0.29, 0.717) is 0 Å². The van der Waals surface area contributed by atoms with E-state index in [0.717, 1.165) is 10.9 Å². The summed E-state index contributed by atoms with van der Waals surface area (Å²) in [7, 11) is 1.37. The van der Waals surface area contributed by atoms with Crippen molar-refractivity contribution in [2.45, 2.75) is 19.1 Å². The van der Waals surface area contributed by atoms with Gasteiger partial charge in [-0.15, -0.1) is 11.6 Å². The molecular formula is C10H10ClF3N4O. The third-order valence-electron chi connectivity index (χ3n) is 2.43. The third kappa shape index (κ3) is 2.89. The number of hydrogen-bond acceptors (Lipinski definition) is 4. The lowest BCUT2D eigenvalue weighted by Crippen LogP contribution is -2.20. The van der Waals surface area contributed by atoms with Gasteiger partial charge in [0.25, 0.3) is 0 Å².